The summed E-state index contributed by atoms with van der Waals surface area (Å²) in [5.74, 6) is -1.09. The Bertz CT molecular complexity index is 1740. The number of ether oxygens (including phenoxy) is 2. The van der Waals surface area contributed by atoms with E-state index in [2.05, 4.69) is 29.7 Å². The van der Waals surface area contributed by atoms with Crippen LogP contribution in [0.5, 0.6) is 11.5 Å². The lowest BCUT2D eigenvalue weighted by Crippen LogP contribution is -2.62. The molecule has 11 nitrogen and oxygen atoms in total. The number of hydrogen-bond acceptors (Lipinski definition) is 11. The molecule has 0 aliphatic carbocycles. The van der Waals surface area contributed by atoms with Gasteiger partial charge in [-0.15, -0.1) is 26.3 Å². The van der Waals surface area contributed by atoms with E-state index in [-0.39, 0.29) is 36.7 Å². The second-order valence-corrected chi connectivity index (χ2v) is 12.4. The molecule has 242 valence electrons. The van der Waals surface area contributed by atoms with Crippen molar-refractivity contribution in [3.05, 3.63) is 66.4 Å². The summed E-state index contributed by atoms with van der Waals surface area (Å²) in [6.45, 7) is -0.381. The van der Waals surface area contributed by atoms with Gasteiger partial charge in [-0.1, -0.05) is 23.5 Å². The second kappa shape index (κ2) is 12.5. The first kappa shape index (κ1) is 32.5. The van der Waals surface area contributed by atoms with E-state index >= 15 is 0 Å². The van der Waals surface area contributed by atoms with Crippen LogP contribution in [0.25, 0.3) is 10.3 Å². The largest absolute Gasteiger partial charge is 0.573 e. The Morgan fingerprint density at radius 1 is 0.956 bits per heavy atom. The van der Waals surface area contributed by atoms with E-state index in [1.54, 1.807) is 4.90 Å². The summed E-state index contributed by atoms with van der Waals surface area (Å²) >= 11 is 1.11. The van der Waals surface area contributed by atoms with Gasteiger partial charge in [0.2, 0.25) is 10.0 Å². The lowest BCUT2D eigenvalue weighted by Gasteiger charge is -2.42. The van der Waals surface area contributed by atoms with Crippen LogP contribution in [-0.4, -0.2) is 77.4 Å². The number of aliphatic hydroxyl groups is 1. The molecule has 4 aromatic rings. The Labute approximate surface area is 253 Å². The first-order valence-electron chi connectivity index (χ1n) is 12.8. The third kappa shape index (κ3) is 8.06. The van der Waals surface area contributed by atoms with Gasteiger partial charge < -0.3 is 19.5 Å². The smallest absolute Gasteiger partial charge is 0.406 e. The predicted molar refractivity (Wildman–Crippen MR) is 144 cm³/mol. The Balaban J connectivity index is 1.38. The molecule has 2 aromatic heterocycles. The zero-order valence-electron chi connectivity index (χ0n) is 22.5. The van der Waals surface area contributed by atoms with E-state index in [1.807, 2.05) is 0 Å². The van der Waals surface area contributed by atoms with Gasteiger partial charge >= 0.3 is 18.8 Å². The fourth-order valence-corrected chi connectivity index (χ4v) is 7.00. The molecule has 0 radical (unpaired) electrons. The van der Waals surface area contributed by atoms with Crippen molar-refractivity contribution >= 4 is 36.8 Å². The molecule has 20 heteroatoms. The number of anilines is 1. The maximum absolute atomic E-state index is 13.7. The number of halogens is 7. The molecule has 2 atom stereocenters. The molecule has 0 spiro atoms. The van der Waals surface area contributed by atoms with Crippen molar-refractivity contribution < 1.29 is 53.7 Å². The number of sulfonamides is 1. The molecule has 0 amide bonds. The monoisotopic (exact) mass is 682 g/mol. The van der Waals surface area contributed by atoms with Crippen molar-refractivity contribution in [2.45, 2.75) is 36.4 Å². The number of nitrogens with zero attached hydrogens (tertiary/aromatic N) is 5. The lowest BCUT2D eigenvalue weighted by molar-refractivity contribution is -0.275. The summed E-state index contributed by atoms with van der Waals surface area (Å²) in [6.07, 6.45) is -11.2. The Morgan fingerprint density at radius 2 is 1.56 bits per heavy atom. The van der Waals surface area contributed by atoms with Crippen LogP contribution < -0.4 is 19.7 Å². The van der Waals surface area contributed by atoms with Crippen molar-refractivity contribution in [3.63, 3.8) is 0 Å². The lowest BCUT2D eigenvalue weighted by atomic mass is 10.1. The highest BCUT2D eigenvalue weighted by molar-refractivity contribution is 7.89. The summed E-state index contributed by atoms with van der Waals surface area (Å²) < 4.78 is 125. The van der Waals surface area contributed by atoms with Crippen molar-refractivity contribution in [3.8, 4) is 11.5 Å². The molecule has 1 saturated heterocycles. The minimum absolute atomic E-state index is 0.0636. The first-order valence-corrected chi connectivity index (χ1v) is 15.0. The van der Waals surface area contributed by atoms with Crippen LogP contribution in [0.1, 0.15) is 5.56 Å². The highest BCUT2D eigenvalue weighted by Crippen LogP contribution is 2.32. The minimum atomic E-state index is -4.98. The molecule has 3 heterocycles. The number of rotatable bonds is 9. The zero-order valence-corrected chi connectivity index (χ0v) is 24.1. The van der Waals surface area contributed by atoms with Crippen molar-refractivity contribution in [1.29, 1.82) is 0 Å². The highest BCUT2D eigenvalue weighted by atomic mass is 32.2. The minimum Gasteiger partial charge on any atom is -0.406 e. The number of thiazole rings is 1. The van der Waals surface area contributed by atoms with Crippen LogP contribution >= 0.6 is 11.3 Å². The average Bonchev–Trinajstić information content (AvgIpc) is 3.38. The maximum atomic E-state index is 13.7. The Hall–Kier alpha value is -3.85. The molecule has 0 bridgehead atoms. The number of aliphatic hydroxyl groups excluding tert-OH is 1. The van der Waals surface area contributed by atoms with Crippen LogP contribution in [0.15, 0.2) is 59.6 Å². The Kier molecular flexibility index (Phi) is 9.04. The van der Waals surface area contributed by atoms with Gasteiger partial charge in [-0.2, -0.15) is 18.7 Å². The number of piperazine rings is 1. The van der Waals surface area contributed by atoms with E-state index in [1.165, 1.54) is 18.3 Å². The zero-order chi connectivity index (χ0) is 32.6. The third-order valence-electron chi connectivity index (χ3n) is 6.45. The predicted octanol–water partition coefficient (Wildman–Crippen LogP) is 4.01. The average molecular weight is 683 g/mol. The molecule has 1 aliphatic rings. The van der Waals surface area contributed by atoms with Gasteiger partial charge in [0.05, 0.1) is 21.8 Å². The number of aromatic nitrogens is 3. The van der Waals surface area contributed by atoms with E-state index < -0.39 is 52.6 Å². The molecule has 1 unspecified atom stereocenters. The number of alkyl halides is 6. The summed E-state index contributed by atoms with van der Waals surface area (Å²) in [4.78, 5) is 12.7. The van der Waals surface area contributed by atoms with Crippen molar-refractivity contribution in [2.24, 2.45) is 0 Å². The number of nitrogens with one attached hydrogen (secondary N) is 1. The van der Waals surface area contributed by atoms with Gasteiger partial charge in [0.1, 0.15) is 17.7 Å². The highest BCUT2D eigenvalue weighted by Gasteiger charge is 2.41. The molecule has 2 aromatic carbocycles. The van der Waals surface area contributed by atoms with Gasteiger partial charge in [-0.05, 0) is 42.0 Å². The standard InChI is InChI=1S/C25H21F7N6O5S2/c26-22-34-12-19-20(35-22)36-23(44-19)37-9-10-38(45(40,41)17-7-5-16(6-8-17)43-25(30,31)32)18(13-37)21(39)33-11-14-1-3-15(4-2-14)42-24(27,28)29/h1-8,12,18,21,33,39H,9-11,13H2/t18-,21?/m1/s1. The van der Waals surface area contributed by atoms with E-state index in [9.17, 15) is 44.3 Å². The molecule has 2 N–H and O–H groups in total. The summed E-state index contributed by atoms with van der Waals surface area (Å²) in [5.41, 5.74) is 0.504. The van der Waals surface area contributed by atoms with Gasteiger partial charge in [0.25, 0.3) is 0 Å². The fraction of sp³-hybridized carbons (Fsp3) is 0.320. The third-order valence-corrected chi connectivity index (χ3v) is 9.43. The topological polar surface area (TPSA) is 130 Å². The SMILES string of the molecule is O=S(=O)(c1ccc(OC(F)(F)F)cc1)N1CCN(c2nc3nc(F)ncc3s2)C[C@@H]1C(O)NCc1ccc(OC(F)(F)F)cc1. The van der Waals surface area contributed by atoms with Crippen molar-refractivity contribution in [2.75, 3.05) is 24.5 Å². The first-order chi connectivity index (χ1) is 21.1. The molecule has 5 rings (SSSR count). The van der Waals surface area contributed by atoms with E-state index in [4.69, 9.17) is 0 Å². The summed E-state index contributed by atoms with van der Waals surface area (Å²) in [7, 11) is -4.40. The molecular formula is C25H21F7N6O5S2. The quantitative estimate of drug-likeness (QED) is 0.152. The molecule has 45 heavy (non-hydrogen) atoms. The van der Waals surface area contributed by atoms with Gasteiger partial charge in [0, 0.05) is 26.2 Å². The van der Waals surface area contributed by atoms with Gasteiger partial charge in [-0.3, -0.25) is 5.32 Å². The van der Waals surface area contributed by atoms with Crippen LogP contribution in [0.3, 0.4) is 0 Å². The molecular weight excluding hydrogens is 661 g/mol. The normalized spacial score (nSPS) is 17.4. The van der Waals surface area contributed by atoms with Crippen LogP contribution in [-0.2, 0) is 16.6 Å². The van der Waals surface area contributed by atoms with Crippen LogP contribution in [0, 0.1) is 6.08 Å². The number of hydrogen-bond donors (Lipinski definition) is 2. The fourth-order valence-electron chi connectivity index (χ4n) is 4.48. The summed E-state index contributed by atoms with van der Waals surface area (Å²) in [6, 6.07) is 7.11. The molecule has 1 aliphatic heterocycles. The van der Waals surface area contributed by atoms with Crippen LogP contribution in [0.4, 0.5) is 35.9 Å². The Morgan fingerprint density at radius 3 is 2.16 bits per heavy atom. The van der Waals surface area contributed by atoms with Gasteiger partial charge in [-0.25, -0.2) is 13.4 Å². The summed E-state index contributed by atoms with van der Waals surface area (Å²) in [5, 5.41) is 14.3. The molecule has 1 fully saturated rings. The van der Waals surface area contributed by atoms with Gasteiger partial charge in [0.15, 0.2) is 10.8 Å². The number of benzene rings is 2. The van der Waals surface area contributed by atoms with Crippen LogP contribution in [0.2, 0.25) is 0 Å². The molecule has 0 saturated carbocycles. The van der Waals surface area contributed by atoms with E-state index in [0.717, 1.165) is 52.0 Å². The maximum Gasteiger partial charge on any atom is 0.573 e. The number of fused-ring (bicyclic) bond motifs is 1. The van der Waals surface area contributed by atoms with E-state index in [0.29, 0.717) is 15.4 Å². The second-order valence-electron chi connectivity index (χ2n) is 9.49. The van der Waals surface area contributed by atoms with Crippen molar-refractivity contribution in [1.82, 2.24) is 24.6 Å².